The van der Waals surface area contributed by atoms with E-state index in [1.54, 1.807) is 35.0 Å². The van der Waals surface area contributed by atoms with Gasteiger partial charge in [-0.1, -0.05) is 23.7 Å². The SMILES string of the molecule is COc1ccc([C@H]2c3c(C)nn(-c4ccc(Cl)cc4)c3Oc3ncn4nc(-c5cccnc5)nc4c32)cc1. The van der Waals surface area contributed by atoms with Gasteiger partial charge in [0, 0.05) is 23.0 Å². The van der Waals surface area contributed by atoms with E-state index in [4.69, 9.17) is 31.2 Å². The van der Waals surface area contributed by atoms with Crippen molar-refractivity contribution in [2.75, 3.05) is 7.11 Å². The highest BCUT2D eigenvalue weighted by Gasteiger charge is 2.38. The predicted octanol–water partition coefficient (Wildman–Crippen LogP) is 5.63. The third-order valence-electron chi connectivity index (χ3n) is 6.66. The molecule has 7 rings (SSSR count). The first-order valence-corrected chi connectivity index (χ1v) is 12.3. The molecule has 10 heteroatoms. The van der Waals surface area contributed by atoms with Crippen LogP contribution in [0.15, 0.2) is 79.4 Å². The van der Waals surface area contributed by atoms with E-state index in [0.29, 0.717) is 28.3 Å². The molecule has 0 fully saturated rings. The normalized spacial score (nSPS) is 14.1. The first kappa shape index (κ1) is 22.4. The lowest BCUT2D eigenvalue weighted by Gasteiger charge is -2.26. The number of benzene rings is 2. The van der Waals surface area contributed by atoms with Crippen molar-refractivity contribution in [3.8, 4) is 34.6 Å². The van der Waals surface area contributed by atoms with E-state index >= 15 is 0 Å². The summed E-state index contributed by atoms with van der Waals surface area (Å²) in [6.07, 6.45) is 5.08. The van der Waals surface area contributed by atoms with Crippen LogP contribution in [0.3, 0.4) is 0 Å². The minimum absolute atomic E-state index is 0.261. The Bertz CT molecular complexity index is 1800. The van der Waals surface area contributed by atoms with Crippen molar-refractivity contribution < 1.29 is 9.47 Å². The highest BCUT2D eigenvalue weighted by Crippen LogP contribution is 2.50. The molecule has 9 nitrogen and oxygen atoms in total. The lowest BCUT2D eigenvalue weighted by atomic mass is 9.84. The first-order chi connectivity index (χ1) is 18.6. The molecule has 0 bridgehead atoms. The van der Waals surface area contributed by atoms with E-state index in [0.717, 1.165) is 39.4 Å². The van der Waals surface area contributed by atoms with E-state index in [-0.39, 0.29) is 5.92 Å². The summed E-state index contributed by atoms with van der Waals surface area (Å²) in [5, 5.41) is 10.2. The minimum Gasteiger partial charge on any atom is -0.497 e. The first-order valence-electron chi connectivity index (χ1n) is 11.9. The number of fused-ring (bicyclic) bond motifs is 4. The van der Waals surface area contributed by atoms with E-state index in [1.807, 2.05) is 67.6 Å². The minimum atomic E-state index is -0.261. The maximum absolute atomic E-state index is 6.47. The summed E-state index contributed by atoms with van der Waals surface area (Å²) in [6.45, 7) is 1.98. The Morgan fingerprint density at radius 1 is 0.974 bits per heavy atom. The summed E-state index contributed by atoms with van der Waals surface area (Å²) in [6, 6.07) is 19.2. The van der Waals surface area contributed by atoms with Crippen LogP contribution in [0.2, 0.25) is 5.02 Å². The molecule has 5 heterocycles. The van der Waals surface area contributed by atoms with Crippen LogP contribution in [0.1, 0.15) is 28.3 Å². The molecule has 0 aliphatic carbocycles. The molecule has 0 radical (unpaired) electrons. The zero-order valence-electron chi connectivity index (χ0n) is 20.4. The standard InChI is InChI=1S/C28H20ClN7O2/c1-16-22-23(17-5-11-21(37-2)12-6-17)24-26-32-25(18-4-3-13-30-14-18)34-35(26)15-31-27(24)38-28(22)36(33-16)20-9-7-19(29)8-10-20/h3-15,23H,1-2H3/t23-/m0/s1. The fourth-order valence-corrected chi connectivity index (χ4v) is 5.01. The molecule has 1 aliphatic rings. The topological polar surface area (TPSA) is 92.2 Å². The third kappa shape index (κ3) is 3.51. The monoisotopic (exact) mass is 521 g/mol. The molecule has 0 saturated carbocycles. The second kappa shape index (κ2) is 8.67. The summed E-state index contributed by atoms with van der Waals surface area (Å²) >= 11 is 6.14. The van der Waals surface area contributed by atoms with Crippen molar-refractivity contribution in [3.63, 3.8) is 0 Å². The Labute approximate surface area is 222 Å². The van der Waals surface area contributed by atoms with E-state index < -0.39 is 0 Å². The summed E-state index contributed by atoms with van der Waals surface area (Å²) in [4.78, 5) is 13.8. The molecule has 4 aromatic heterocycles. The molecule has 38 heavy (non-hydrogen) atoms. The molecule has 1 atom stereocenters. The summed E-state index contributed by atoms with van der Waals surface area (Å²) in [5.74, 6) is 2.12. The highest BCUT2D eigenvalue weighted by molar-refractivity contribution is 6.30. The van der Waals surface area contributed by atoms with Crippen molar-refractivity contribution in [1.29, 1.82) is 0 Å². The lowest BCUT2D eigenvalue weighted by Crippen LogP contribution is -2.16. The van der Waals surface area contributed by atoms with Crippen molar-refractivity contribution in [2.24, 2.45) is 0 Å². The van der Waals surface area contributed by atoms with Crippen LogP contribution in [-0.4, -0.2) is 41.5 Å². The zero-order valence-corrected chi connectivity index (χ0v) is 21.2. The third-order valence-corrected chi connectivity index (χ3v) is 6.91. The van der Waals surface area contributed by atoms with Crippen molar-refractivity contribution in [1.82, 2.24) is 34.3 Å². The van der Waals surface area contributed by atoms with Crippen LogP contribution in [0, 0.1) is 6.92 Å². The fourth-order valence-electron chi connectivity index (χ4n) is 4.88. The largest absolute Gasteiger partial charge is 0.497 e. The molecular formula is C28H20ClN7O2. The molecule has 0 spiro atoms. The molecule has 0 unspecified atom stereocenters. The summed E-state index contributed by atoms with van der Waals surface area (Å²) in [7, 11) is 1.65. The number of halogens is 1. The van der Waals surface area contributed by atoms with Gasteiger partial charge in [-0.05, 0) is 61.0 Å². The molecule has 0 N–H and O–H groups in total. The Hall–Kier alpha value is -4.76. The van der Waals surface area contributed by atoms with Crippen LogP contribution in [0.5, 0.6) is 17.5 Å². The highest BCUT2D eigenvalue weighted by atomic mass is 35.5. The van der Waals surface area contributed by atoms with Gasteiger partial charge in [0.25, 0.3) is 0 Å². The van der Waals surface area contributed by atoms with Gasteiger partial charge in [-0.3, -0.25) is 4.98 Å². The Kier molecular flexibility index (Phi) is 5.12. The lowest BCUT2D eigenvalue weighted by molar-refractivity contribution is 0.402. The molecular weight excluding hydrogens is 502 g/mol. The van der Waals surface area contributed by atoms with Crippen molar-refractivity contribution >= 4 is 17.2 Å². The van der Waals surface area contributed by atoms with Crippen LogP contribution in [-0.2, 0) is 0 Å². The average Bonchev–Trinajstić information content (AvgIpc) is 3.54. The van der Waals surface area contributed by atoms with Gasteiger partial charge in [-0.15, -0.1) is 5.10 Å². The van der Waals surface area contributed by atoms with Gasteiger partial charge in [0.2, 0.25) is 11.8 Å². The quantitative estimate of drug-likeness (QED) is 0.296. The molecule has 0 amide bonds. The van der Waals surface area contributed by atoms with Crippen LogP contribution >= 0.6 is 11.6 Å². The second-order valence-electron chi connectivity index (χ2n) is 8.91. The van der Waals surface area contributed by atoms with Gasteiger partial charge in [-0.25, -0.2) is 19.2 Å². The number of nitrogens with zero attached hydrogens (tertiary/aromatic N) is 7. The van der Waals surface area contributed by atoms with E-state index in [1.165, 1.54) is 0 Å². The predicted molar refractivity (Wildman–Crippen MR) is 141 cm³/mol. The average molecular weight is 522 g/mol. The van der Waals surface area contributed by atoms with Gasteiger partial charge in [0.15, 0.2) is 11.5 Å². The Balaban J connectivity index is 1.48. The van der Waals surface area contributed by atoms with Gasteiger partial charge in [0.1, 0.15) is 12.1 Å². The zero-order chi connectivity index (χ0) is 25.8. The van der Waals surface area contributed by atoms with E-state index in [2.05, 4.69) is 15.1 Å². The van der Waals surface area contributed by atoms with Crippen LogP contribution in [0.4, 0.5) is 0 Å². The van der Waals surface area contributed by atoms with Crippen molar-refractivity contribution in [2.45, 2.75) is 12.8 Å². The number of aromatic nitrogens is 7. The van der Waals surface area contributed by atoms with Gasteiger partial charge in [0.05, 0.1) is 35.5 Å². The molecule has 1 aliphatic heterocycles. The smallest absolute Gasteiger partial charge is 0.230 e. The van der Waals surface area contributed by atoms with Crippen molar-refractivity contribution in [3.05, 3.63) is 107 Å². The molecule has 186 valence electrons. The summed E-state index contributed by atoms with van der Waals surface area (Å²) in [5.41, 5.74) is 5.89. The number of rotatable bonds is 4. The van der Waals surface area contributed by atoms with Gasteiger partial charge >= 0.3 is 0 Å². The van der Waals surface area contributed by atoms with Gasteiger partial charge < -0.3 is 9.47 Å². The van der Waals surface area contributed by atoms with E-state index in [9.17, 15) is 0 Å². The number of aryl methyl sites for hydroxylation is 1. The summed E-state index contributed by atoms with van der Waals surface area (Å²) < 4.78 is 15.4. The maximum Gasteiger partial charge on any atom is 0.230 e. The fraction of sp³-hybridized carbons (Fsp3) is 0.107. The Morgan fingerprint density at radius 3 is 2.53 bits per heavy atom. The molecule has 0 saturated heterocycles. The molecule has 2 aromatic carbocycles. The number of hydrogen-bond donors (Lipinski definition) is 0. The molecule has 6 aromatic rings. The number of pyridine rings is 1. The van der Waals surface area contributed by atoms with Gasteiger partial charge in [-0.2, -0.15) is 5.10 Å². The van der Waals surface area contributed by atoms with Crippen LogP contribution in [0.25, 0.3) is 22.7 Å². The maximum atomic E-state index is 6.47. The second-order valence-corrected chi connectivity index (χ2v) is 9.35. The number of methoxy groups -OCH3 is 1. The number of ether oxygens (including phenoxy) is 2. The Morgan fingerprint density at radius 2 is 1.79 bits per heavy atom. The van der Waals surface area contributed by atoms with Crippen LogP contribution < -0.4 is 9.47 Å². The number of hydrogen-bond acceptors (Lipinski definition) is 7.